The topological polar surface area (TPSA) is 86.5 Å². The monoisotopic (exact) mass is 443 g/mol. The molecule has 28 heavy (non-hydrogen) atoms. The van der Waals surface area contributed by atoms with Gasteiger partial charge in [-0.2, -0.15) is 4.98 Å². The fourth-order valence-corrected chi connectivity index (χ4v) is 2.64. The predicted molar refractivity (Wildman–Crippen MR) is 107 cm³/mol. The second kappa shape index (κ2) is 8.71. The van der Waals surface area contributed by atoms with Gasteiger partial charge in [-0.05, 0) is 42.8 Å². The number of methoxy groups -OCH3 is 1. The van der Waals surface area contributed by atoms with E-state index in [-0.39, 0.29) is 5.76 Å². The molecule has 8 heteroatoms. The number of hydrogen-bond donors (Lipinski definition) is 1. The molecule has 7 nitrogen and oxygen atoms in total. The van der Waals surface area contributed by atoms with Gasteiger partial charge >= 0.3 is 0 Å². The van der Waals surface area contributed by atoms with Crippen molar-refractivity contribution in [3.8, 4) is 28.6 Å². The Morgan fingerprint density at radius 3 is 2.57 bits per heavy atom. The third kappa shape index (κ3) is 4.40. The molecule has 0 radical (unpaired) electrons. The van der Waals surface area contributed by atoms with E-state index in [2.05, 4.69) is 31.4 Å². The first-order valence-corrected chi connectivity index (χ1v) is 9.14. The Balaban J connectivity index is 1.90. The Morgan fingerprint density at radius 1 is 1.18 bits per heavy atom. The standard InChI is InChI=1S/C20H18BrN3O4/c1-12-4-5-14(10-16(12)27-17(11-26-3)19(25)22-2)18-23-20(28-24-18)13-6-8-15(21)9-7-13/h4-11H,1-3H3,(H,22,25)/b17-11-. The molecule has 1 amide bonds. The summed E-state index contributed by atoms with van der Waals surface area (Å²) in [6.45, 7) is 1.87. The zero-order chi connectivity index (χ0) is 20.1. The quantitative estimate of drug-likeness (QED) is 0.456. The van der Waals surface area contributed by atoms with Crippen LogP contribution in [0.25, 0.3) is 22.8 Å². The average Bonchev–Trinajstić information content (AvgIpc) is 3.19. The fraction of sp³-hybridized carbons (Fsp3) is 0.150. The molecule has 0 aliphatic carbocycles. The molecule has 0 fully saturated rings. The van der Waals surface area contributed by atoms with Gasteiger partial charge in [0.05, 0.1) is 7.11 Å². The maximum absolute atomic E-state index is 11.9. The Kier molecular flexibility index (Phi) is 6.10. The first-order valence-electron chi connectivity index (χ1n) is 8.35. The molecule has 1 N–H and O–H groups in total. The SMILES string of the molecule is CNC(=O)/C(=C/OC)Oc1cc(-c2noc(-c3ccc(Br)cc3)n2)ccc1C. The number of likely N-dealkylation sites (N-methyl/N-ethyl adjacent to an activating group) is 1. The summed E-state index contributed by atoms with van der Waals surface area (Å²) in [7, 11) is 2.96. The lowest BCUT2D eigenvalue weighted by Gasteiger charge is -2.11. The molecule has 0 saturated carbocycles. The van der Waals surface area contributed by atoms with E-state index in [1.807, 2.05) is 43.3 Å². The van der Waals surface area contributed by atoms with E-state index >= 15 is 0 Å². The normalized spacial score (nSPS) is 11.2. The molecular formula is C20H18BrN3O4. The highest BCUT2D eigenvalue weighted by Gasteiger charge is 2.16. The van der Waals surface area contributed by atoms with Crippen LogP contribution in [0.1, 0.15) is 5.56 Å². The lowest BCUT2D eigenvalue weighted by molar-refractivity contribution is -0.119. The van der Waals surface area contributed by atoms with Gasteiger partial charge in [0.1, 0.15) is 12.0 Å². The van der Waals surface area contributed by atoms with Gasteiger partial charge in [-0.25, -0.2) is 0 Å². The van der Waals surface area contributed by atoms with Crippen molar-refractivity contribution in [3.63, 3.8) is 0 Å². The van der Waals surface area contributed by atoms with Crippen molar-refractivity contribution in [2.24, 2.45) is 0 Å². The zero-order valence-electron chi connectivity index (χ0n) is 15.5. The molecule has 0 saturated heterocycles. The van der Waals surface area contributed by atoms with Gasteiger partial charge in [0, 0.05) is 22.6 Å². The minimum atomic E-state index is -0.399. The van der Waals surface area contributed by atoms with E-state index in [4.69, 9.17) is 14.0 Å². The van der Waals surface area contributed by atoms with Gasteiger partial charge in [-0.15, -0.1) is 0 Å². The fourth-order valence-electron chi connectivity index (χ4n) is 2.37. The summed E-state index contributed by atoms with van der Waals surface area (Å²) in [5.41, 5.74) is 2.35. The third-order valence-corrected chi connectivity index (χ3v) is 4.39. The van der Waals surface area contributed by atoms with E-state index in [1.165, 1.54) is 20.4 Å². The van der Waals surface area contributed by atoms with Gasteiger partial charge in [-0.1, -0.05) is 33.2 Å². The number of halogens is 1. The van der Waals surface area contributed by atoms with Gasteiger partial charge < -0.3 is 19.3 Å². The van der Waals surface area contributed by atoms with E-state index < -0.39 is 5.91 Å². The summed E-state index contributed by atoms with van der Waals surface area (Å²) in [6, 6.07) is 13.0. The molecular weight excluding hydrogens is 426 g/mol. The van der Waals surface area contributed by atoms with Crippen molar-refractivity contribution in [2.45, 2.75) is 6.92 Å². The molecule has 0 aliphatic heterocycles. The van der Waals surface area contributed by atoms with Crippen LogP contribution in [-0.2, 0) is 9.53 Å². The Bertz CT molecular complexity index is 1010. The highest BCUT2D eigenvalue weighted by atomic mass is 79.9. The maximum atomic E-state index is 11.9. The lowest BCUT2D eigenvalue weighted by atomic mass is 10.1. The van der Waals surface area contributed by atoms with Gasteiger partial charge in [-0.3, -0.25) is 4.79 Å². The molecule has 0 bridgehead atoms. The van der Waals surface area contributed by atoms with Crippen molar-refractivity contribution in [2.75, 3.05) is 14.2 Å². The molecule has 144 valence electrons. The third-order valence-electron chi connectivity index (χ3n) is 3.86. The predicted octanol–water partition coefficient (Wildman–Crippen LogP) is 4.09. The van der Waals surface area contributed by atoms with Crippen molar-refractivity contribution in [1.82, 2.24) is 15.5 Å². The van der Waals surface area contributed by atoms with Crippen LogP contribution in [0.5, 0.6) is 5.75 Å². The largest absolute Gasteiger partial charge is 0.500 e. The van der Waals surface area contributed by atoms with Crippen LogP contribution in [0.2, 0.25) is 0 Å². The number of nitrogens with one attached hydrogen (secondary N) is 1. The molecule has 0 spiro atoms. The lowest BCUT2D eigenvalue weighted by Crippen LogP contribution is -2.23. The van der Waals surface area contributed by atoms with Crippen LogP contribution in [0, 0.1) is 6.92 Å². The smallest absolute Gasteiger partial charge is 0.290 e. The maximum Gasteiger partial charge on any atom is 0.290 e. The molecule has 0 atom stereocenters. The molecule has 3 rings (SSSR count). The number of amides is 1. The average molecular weight is 444 g/mol. The summed E-state index contributed by atoms with van der Waals surface area (Å²) in [5.74, 6) is 0.952. The van der Waals surface area contributed by atoms with Crippen LogP contribution in [-0.4, -0.2) is 30.2 Å². The molecule has 0 aliphatic rings. The highest BCUT2D eigenvalue weighted by Crippen LogP contribution is 2.29. The minimum absolute atomic E-state index is 0.0360. The molecule has 1 aromatic heterocycles. The summed E-state index contributed by atoms with van der Waals surface area (Å²) in [5, 5.41) is 6.56. The molecule has 1 heterocycles. The first-order chi connectivity index (χ1) is 13.5. The molecule has 0 unspecified atom stereocenters. The van der Waals surface area contributed by atoms with Crippen molar-refractivity contribution in [1.29, 1.82) is 0 Å². The number of benzene rings is 2. The second-order valence-corrected chi connectivity index (χ2v) is 6.72. The molecule has 2 aromatic carbocycles. The highest BCUT2D eigenvalue weighted by molar-refractivity contribution is 9.10. The van der Waals surface area contributed by atoms with E-state index in [1.54, 1.807) is 6.07 Å². The minimum Gasteiger partial charge on any atom is -0.500 e. The van der Waals surface area contributed by atoms with Crippen LogP contribution in [0.3, 0.4) is 0 Å². The Morgan fingerprint density at radius 2 is 1.89 bits per heavy atom. The number of aromatic nitrogens is 2. The number of carbonyl (C=O) groups is 1. The van der Waals surface area contributed by atoms with Crippen molar-refractivity contribution in [3.05, 3.63) is 64.5 Å². The van der Waals surface area contributed by atoms with Crippen LogP contribution >= 0.6 is 15.9 Å². The van der Waals surface area contributed by atoms with E-state index in [0.717, 1.165) is 15.6 Å². The Labute approximate surface area is 170 Å². The second-order valence-electron chi connectivity index (χ2n) is 5.81. The number of nitrogens with zero attached hydrogens (tertiary/aromatic N) is 2. The summed E-state index contributed by atoms with van der Waals surface area (Å²) >= 11 is 3.40. The van der Waals surface area contributed by atoms with Gasteiger partial charge in [0.15, 0.2) is 0 Å². The van der Waals surface area contributed by atoms with Crippen molar-refractivity contribution >= 4 is 21.8 Å². The number of carbonyl (C=O) groups excluding carboxylic acids is 1. The van der Waals surface area contributed by atoms with Crippen LogP contribution < -0.4 is 10.1 Å². The first kappa shape index (κ1) is 19.6. The van der Waals surface area contributed by atoms with Crippen LogP contribution in [0.4, 0.5) is 0 Å². The van der Waals surface area contributed by atoms with E-state index in [0.29, 0.717) is 23.0 Å². The summed E-state index contributed by atoms with van der Waals surface area (Å²) < 4.78 is 17.0. The summed E-state index contributed by atoms with van der Waals surface area (Å²) in [4.78, 5) is 16.4. The number of rotatable bonds is 6. The van der Waals surface area contributed by atoms with Crippen LogP contribution in [0.15, 0.2) is 63.5 Å². The number of hydrogen-bond acceptors (Lipinski definition) is 6. The van der Waals surface area contributed by atoms with Crippen molar-refractivity contribution < 1.29 is 18.8 Å². The number of ether oxygens (including phenoxy) is 2. The van der Waals surface area contributed by atoms with E-state index in [9.17, 15) is 4.79 Å². The number of aryl methyl sites for hydroxylation is 1. The Hall–Kier alpha value is -3.13. The van der Waals surface area contributed by atoms with Gasteiger partial charge in [0.25, 0.3) is 11.8 Å². The summed E-state index contributed by atoms with van der Waals surface area (Å²) in [6.07, 6.45) is 1.24. The zero-order valence-corrected chi connectivity index (χ0v) is 17.1. The van der Waals surface area contributed by atoms with Gasteiger partial charge in [0.2, 0.25) is 11.6 Å². The molecule has 3 aromatic rings.